The number of methoxy groups -OCH3 is 2. The molecule has 0 spiro atoms. The Bertz CT molecular complexity index is 725. The molecule has 0 bridgehead atoms. The van der Waals surface area contributed by atoms with Gasteiger partial charge in [0.25, 0.3) is 0 Å². The van der Waals surface area contributed by atoms with Crippen molar-refractivity contribution >= 4 is 46.1 Å². The zero-order valence-electron chi connectivity index (χ0n) is 12.0. The summed E-state index contributed by atoms with van der Waals surface area (Å²) in [5, 5.41) is 4.76. The molecule has 0 aromatic heterocycles. The molecule has 110 valence electrons. The van der Waals surface area contributed by atoms with Crippen LogP contribution in [-0.4, -0.2) is 24.5 Å². The van der Waals surface area contributed by atoms with Crippen LogP contribution in [0.4, 0.5) is 11.4 Å². The molecule has 0 amide bonds. The minimum absolute atomic E-state index is 0.657. The third-order valence-electron chi connectivity index (χ3n) is 3.03. The summed E-state index contributed by atoms with van der Waals surface area (Å²) in [6.45, 7) is 0. The lowest BCUT2D eigenvalue weighted by Crippen LogP contribution is -1.88. The number of benzene rings is 2. The van der Waals surface area contributed by atoms with Gasteiger partial charge < -0.3 is 9.47 Å². The van der Waals surface area contributed by atoms with Gasteiger partial charge in [0.05, 0.1) is 35.9 Å². The average molecular weight is 328 g/mol. The van der Waals surface area contributed by atoms with Gasteiger partial charge in [-0.1, -0.05) is 0 Å². The average Bonchev–Trinajstić information content (AvgIpc) is 2.56. The molecule has 0 aliphatic rings. The normalized spacial score (nSPS) is 9.36. The SMILES string of the molecule is COc1ccc(N=C=S)c(-c2cc(OC)ccc2N=C=S)c1. The Hall–Kier alpha value is -2.36. The fraction of sp³-hybridized carbons (Fsp3) is 0.125. The van der Waals surface area contributed by atoms with Crippen molar-refractivity contribution in [2.45, 2.75) is 0 Å². The van der Waals surface area contributed by atoms with Crippen LogP contribution < -0.4 is 9.47 Å². The molecule has 0 saturated heterocycles. The molecular formula is C16H12N2O2S2. The van der Waals surface area contributed by atoms with Gasteiger partial charge >= 0.3 is 0 Å². The quantitative estimate of drug-likeness (QED) is 0.582. The molecule has 0 aliphatic carbocycles. The van der Waals surface area contributed by atoms with Crippen molar-refractivity contribution in [2.75, 3.05) is 14.2 Å². The summed E-state index contributed by atoms with van der Waals surface area (Å²) in [5.41, 5.74) is 2.90. The van der Waals surface area contributed by atoms with Crippen LogP contribution >= 0.6 is 24.4 Å². The van der Waals surface area contributed by atoms with Gasteiger partial charge in [-0.3, -0.25) is 0 Å². The third kappa shape index (κ3) is 3.45. The number of hydrogen-bond donors (Lipinski definition) is 0. The van der Waals surface area contributed by atoms with Crippen LogP contribution in [0.25, 0.3) is 11.1 Å². The van der Waals surface area contributed by atoms with E-state index in [9.17, 15) is 0 Å². The van der Waals surface area contributed by atoms with Gasteiger partial charge in [-0.15, -0.1) is 0 Å². The molecule has 0 heterocycles. The van der Waals surface area contributed by atoms with Gasteiger partial charge in [0.15, 0.2) is 0 Å². The summed E-state index contributed by atoms with van der Waals surface area (Å²) in [4.78, 5) is 8.19. The first-order valence-corrected chi connectivity index (χ1v) is 7.07. The first kappa shape index (κ1) is 16.0. The zero-order chi connectivity index (χ0) is 15.9. The summed E-state index contributed by atoms with van der Waals surface area (Å²) < 4.78 is 10.6. The fourth-order valence-electron chi connectivity index (χ4n) is 2.01. The van der Waals surface area contributed by atoms with E-state index in [-0.39, 0.29) is 0 Å². The summed E-state index contributed by atoms with van der Waals surface area (Å²) in [7, 11) is 3.20. The molecule has 4 nitrogen and oxygen atoms in total. The van der Waals surface area contributed by atoms with Crippen molar-refractivity contribution in [3.05, 3.63) is 36.4 Å². The van der Waals surface area contributed by atoms with Crippen molar-refractivity contribution in [3.8, 4) is 22.6 Å². The number of ether oxygens (including phenoxy) is 2. The Morgan fingerprint density at radius 3 is 1.50 bits per heavy atom. The van der Waals surface area contributed by atoms with Gasteiger partial charge in [-0.05, 0) is 60.8 Å². The minimum Gasteiger partial charge on any atom is -0.497 e. The Morgan fingerprint density at radius 2 is 1.18 bits per heavy atom. The highest BCUT2D eigenvalue weighted by Gasteiger charge is 2.12. The molecule has 0 unspecified atom stereocenters. The molecule has 0 N–H and O–H groups in total. The van der Waals surface area contributed by atoms with E-state index in [1.807, 2.05) is 12.1 Å². The number of thiocarbonyl (C=S) groups is 2. The zero-order valence-corrected chi connectivity index (χ0v) is 13.6. The molecule has 0 fully saturated rings. The maximum atomic E-state index is 5.28. The number of isothiocyanates is 2. The van der Waals surface area contributed by atoms with Crippen LogP contribution in [0.15, 0.2) is 46.4 Å². The van der Waals surface area contributed by atoms with Gasteiger partial charge in [0.2, 0.25) is 0 Å². The smallest absolute Gasteiger partial charge is 0.119 e. The molecule has 6 heteroatoms. The topological polar surface area (TPSA) is 43.2 Å². The van der Waals surface area contributed by atoms with E-state index in [0.717, 1.165) is 11.1 Å². The molecule has 22 heavy (non-hydrogen) atoms. The molecule has 0 aliphatic heterocycles. The Morgan fingerprint density at radius 1 is 0.773 bits per heavy atom. The largest absolute Gasteiger partial charge is 0.497 e. The first-order chi connectivity index (χ1) is 10.7. The maximum Gasteiger partial charge on any atom is 0.119 e. The van der Waals surface area contributed by atoms with Crippen molar-refractivity contribution in [1.82, 2.24) is 0 Å². The van der Waals surface area contributed by atoms with Crippen LogP contribution in [0.3, 0.4) is 0 Å². The highest BCUT2D eigenvalue weighted by Crippen LogP contribution is 2.40. The van der Waals surface area contributed by atoms with Crippen molar-refractivity contribution in [1.29, 1.82) is 0 Å². The van der Waals surface area contributed by atoms with Gasteiger partial charge in [0.1, 0.15) is 11.5 Å². The molecule has 0 radical (unpaired) electrons. The number of aliphatic imine (C=N–C) groups is 2. The summed E-state index contributed by atoms with van der Waals surface area (Å²) in [6, 6.07) is 10.9. The van der Waals surface area contributed by atoms with E-state index in [1.54, 1.807) is 38.5 Å². The fourth-order valence-corrected chi connectivity index (χ4v) is 2.21. The highest BCUT2D eigenvalue weighted by atomic mass is 32.1. The summed E-state index contributed by atoms with van der Waals surface area (Å²) >= 11 is 9.42. The van der Waals surface area contributed by atoms with E-state index >= 15 is 0 Å². The van der Waals surface area contributed by atoms with E-state index in [4.69, 9.17) is 33.9 Å². The number of rotatable bonds is 5. The van der Waals surface area contributed by atoms with E-state index in [1.165, 1.54) is 0 Å². The first-order valence-electron chi connectivity index (χ1n) is 6.25. The van der Waals surface area contributed by atoms with Crippen molar-refractivity contribution in [2.24, 2.45) is 9.98 Å². The van der Waals surface area contributed by atoms with E-state index < -0.39 is 0 Å². The predicted octanol–water partition coefficient (Wildman–Crippen LogP) is 4.84. The molecule has 0 saturated carbocycles. The van der Waals surface area contributed by atoms with Gasteiger partial charge in [0, 0.05) is 11.1 Å². The monoisotopic (exact) mass is 328 g/mol. The van der Waals surface area contributed by atoms with Crippen molar-refractivity contribution < 1.29 is 9.47 Å². The Balaban J connectivity index is 2.77. The molecule has 2 rings (SSSR count). The van der Waals surface area contributed by atoms with Crippen LogP contribution in [-0.2, 0) is 0 Å². The minimum atomic E-state index is 0.657. The molecular weight excluding hydrogens is 316 g/mol. The van der Waals surface area contributed by atoms with Gasteiger partial charge in [-0.25, -0.2) is 0 Å². The maximum absolute atomic E-state index is 5.28. The molecule has 2 aromatic rings. The second-order valence-corrected chi connectivity index (χ2v) is 4.54. The second kappa shape index (κ2) is 7.59. The summed E-state index contributed by atoms with van der Waals surface area (Å²) in [5.74, 6) is 1.39. The predicted molar refractivity (Wildman–Crippen MR) is 94.4 cm³/mol. The molecule has 0 atom stereocenters. The van der Waals surface area contributed by atoms with Crippen LogP contribution in [0.2, 0.25) is 0 Å². The highest BCUT2D eigenvalue weighted by molar-refractivity contribution is 7.78. The molecule has 2 aromatic carbocycles. The lowest BCUT2D eigenvalue weighted by molar-refractivity contribution is 0.414. The second-order valence-electron chi connectivity index (χ2n) is 4.17. The van der Waals surface area contributed by atoms with Crippen LogP contribution in [0, 0.1) is 0 Å². The van der Waals surface area contributed by atoms with Crippen LogP contribution in [0.1, 0.15) is 0 Å². The van der Waals surface area contributed by atoms with E-state index in [0.29, 0.717) is 22.9 Å². The number of hydrogen-bond acceptors (Lipinski definition) is 6. The van der Waals surface area contributed by atoms with Crippen molar-refractivity contribution in [3.63, 3.8) is 0 Å². The standard InChI is InChI=1S/C16H12N2O2S2/c1-19-11-3-5-15(17-9-21)13(7-11)14-8-12(20-2)4-6-16(14)18-10-22/h3-8H,1-2H3. The summed E-state index contributed by atoms with van der Waals surface area (Å²) in [6.07, 6.45) is 0. The number of nitrogens with zero attached hydrogens (tertiary/aromatic N) is 2. The third-order valence-corrected chi connectivity index (χ3v) is 3.21. The van der Waals surface area contributed by atoms with Gasteiger partial charge in [-0.2, -0.15) is 9.98 Å². The van der Waals surface area contributed by atoms with Crippen LogP contribution in [0.5, 0.6) is 11.5 Å². The lowest BCUT2D eigenvalue weighted by Gasteiger charge is -2.11. The Labute approximate surface area is 139 Å². The Kier molecular flexibility index (Phi) is 5.53. The van der Waals surface area contributed by atoms with E-state index in [2.05, 4.69) is 20.3 Å². The lowest BCUT2D eigenvalue weighted by atomic mass is 10.0.